The number of fused-ring (bicyclic) bond motifs is 1. The average molecular weight is 424 g/mol. The Kier molecular flexibility index (Phi) is 6.28. The van der Waals surface area contributed by atoms with Crippen LogP contribution in [0, 0.1) is 5.82 Å². The highest BCUT2D eigenvalue weighted by Crippen LogP contribution is 2.26. The highest BCUT2D eigenvalue weighted by Gasteiger charge is 2.25. The van der Waals surface area contributed by atoms with Crippen molar-refractivity contribution in [1.82, 2.24) is 15.6 Å². The van der Waals surface area contributed by atoms with Crippen molar-refractivity contribution in [2.75, 3.05) is 12.3 Å². The van der Waals surface area contributed by atoms with Crippen LogP contribution in [0.15, 0.2) is 59.6 Å². The SMILES string of the molecule is O=C(CSc1cc(C(=O)NC2CC2)c2ccccc2n1)NCCc1ccc(F)cc1. The molecule has 1 heterocycles. The number of hydrogen-bond acceptors (Lipinski definition) is 4. The summed E-state index contributed by atoms with van der Waals surface area (Å²) >= 11 is 1.30. The van der Waals surface area contributed by atoms with Gasteiger partial charge in [-0.15, -0.1) is 0 Å². The average Bonchev–Trinajstić information content (AvgIpc) is 3.57. The fraction of sp³-hybridized carbons (Fsp3) is 0.261. The van der Waals surface area contributed by atoms with Gasteiger partial charge in [0.15, 0.2) is 0 Å². The van der Waals surface area contributed by atoms with Gasteiger partial charge >= 0.3 is 0 Å². The molecule has 1 fully saturated rings. The van der Waals surface area contributed by atoms with E-state index in [1.54, 1.807) is 18.2 Å². The van der Waals surface area contributed by atoms with Crippen LogP contribution < -0.4 is 10.6 Å². The Morgan fingerprint density at radius 1 is 1.10 bits per heavy atom. The molecule has 0 radical (unpaired) electrons. The first-order valence-electron chi connectivity index (χ1n) is 9.93. The lowest BCUT2D eigenvalue weighted by molar-refractivity contribution is -0.118. The number of rotatable bonds is 8. The van der Waals surface area contributed by atoms with Gasteiger partial charge in [0.25, 0.3) is 5.91 Å². The van der Waals surface area contributed by atoms with Gasteiger partial charge in [0.1, 0.15) is 5.82 Å². The van der Waals surface area contributed by atoms with Crippen molar-refractivity contribution in [2.45, 2.75) is 30.3 Å². The fourth-order valence-electron chi connectivity index (χ4n) is 3.09. The number of pyridine rings is 1. The maximum atomic E-state index is 12.9. The number of carbonyl (C=O) groups excluding carboxylic acids is 2. The molecule has 0 atom stereocenters. The van der Waals surface area contributed by atoms with Crippen LogP contribution in [-0.4, -0.2) is 35.1 Å². The van der Waals surface area contributed by atoms with Crippen molar-refractivity contribution in [3.8, 4) is 0 Å². The van der Waals surface area contributed by atoms with E-state index in [1.807, 2.05) is 24.3 Å². The molecule has 0 saturated heterocycles. The molecule has 0 spiro atoms. The second kappa shape index (κ2) is 9.26. The first-order valence-corrected chi connectivity index (χ1v) is 10.9. The van der Waals surface area contributed by atoms with E-state index in [-0.39, 0.29) is 29.4 Å². The van der Waals surface area contributed by atoms with Crippen LogP contribution in [0.25, 0.3) is 10.9 Å². The van der Waals surface area contributed by atoms with Crippen molar-refractivity contribution >= 4 is 34.5 Å². The highest BCUT2D eigenvalue weighted by atomic mass is 32.2. The lowest BCUT2D eigenvalue weighted by Crippen LogP contribution is -2.27. The first-order chi connectivity index (χ1) is 14.6. The van der Waals surface area contributed by atoms with Gasteiger partial charge in [-0.2, -0.15) is 0 Å². The van der Waals surface area contributed by atoms with Crippen LogP contribution in [0.2, 0.25) is 0 Å². The molecule has 4 rings (SSSR count). The minimum Gasteiger partial charge on any atom is -0.355 e. The molecule has 1 saturated carbocycles. The van der Waals surface area contributed by atoms with E-state index >= 15 is 0 Å². The molecule has 7 heteroatoms. The summed E-state index contributed by atoms with van der Waals surface area (Å²) in [5.74, 6) is -0.270. The Morgan fingerprint density at radius 3 is 2.63 bits per heavy atom. The Labute approximate surface area is 178 Å². The Bertz CT molecular complexity index is 1070. The van der Waals surface area contributed by atoms with Crippen LogP contribution in [-0.2, 0) is 11.2 Å². The van der Waals surface area contributed by atoms with Gasteiger partial charge < -0.3 is 10.6 Å². The van der Waals surface area contributed by atoms with E-state index in [4.69, 9.17) is 0 Å². The molecule has 2 amide bonds. The molecule has 0 bridgehead atoms. The standard InChI is InChI=1S/C23H22FN3O2S/c24-16-7-5-15(6-8-16)11-12-25-21(28)14-30-22-13-19(23(29)26-17-9-10-17)18-3-1-2-4-20(18)27-22/h1-8,13,17H,9-12,14H2,(H,25,28)(H,26,29). The number of para-hydroxylation sites is 1. The third-order valence-electron chi connectivity index (χ3n) is 4.85. The van der Waals surface area contributed by atoms with Gasteiger partial charge in [-0.05, 0) is 49.1 Å². The van der Waals surface area contributed by atoms with Gasteiger partial charge in [0.2, 0.25) is 5.91 Å². The second-order valence-electron chi connectivity index (χ2n) is 7.29. The van der Waals surface area contributed by atoms with E-state index in [2.05, 4.69) is 15.6 Å². The van der Waals surface area contributed by atoms with Crippen LogP contribution in [0.4, 0.5) is 4.39 Å². The Morgan fingerprint density at radius 2 is 1.87 bits per heavy atom. The first kappa shape index (κ1) is 20.3. The van der Waals surface area contributed by atoms with Crippen LogP contribution in [0.1, 0.15) is 28.8 Å². The molecule has 3 aromatic rings. The smallest absolute Gasteiger partial charge is 0.252 e. The second-order valence-corrected chi connectivity index (χ2v) is 8.28. The minimum atomic E-state index is -0.271. The number of carbonyl (C=O) groups is 2. The van der Waals surface area contributed by atoms with Gasteiger partial charge in [-0.25, -0.2) is 9.37 Å². The molecular weight excluding hydrogens is 401 g/mol. The van der Waals surface area contributed by atoms with E-state index < -0.39 is 0 Å². The number of nitrogens with one attached hydrogen (secondary N) is 2. The van der Waals surface area contributed by atoms with Crippen molar-refractivity contribution in [3.63, 3.8) is 0 Å². The topological polar surface area (TPSA) is 71.1 Å². The molecule has 2 aromatic carbocycles. The van der Waals surface area contributed by atoms with E-state index in [9.17, 15) is 14.0 Å². The number of halogens is 1. The lowest BCUT2D eigenvalue weighted by atomic mass is 10.1. The lowest BCUT2D eigenvalue weighted by Gasteiger charge is -2.10. The van der Waals surface area contributed by atoms with Gasteiger partial charge in [-0.3, -0.25) is 9.59 Å². The molecule has 30 heavy (non-hydrogen) atoms. The molecule has 0 unspecified atom stereocenters. The molecule has 1 aliphatic carbocycles. The molecule has 154 valence electrons. The van der Waals surface area contributed by atoms with Gasteiger partial charge in [0.05, 0.1) is 21.9 Å². The fourth-order valence-corrected chi connectivity index (χ4v) is 3.84. The number of nitrogens with zero attached hydrogens (tertiary/aromatic N) is 1. The normalized spacial score (nSPS) is 13.2. The summed E-state index contributed by atoms with van der Waals surface area (Å²) in [6, 6.07) is 15.8. The van der Waals surface area contributed by atoms with Gasteiger partial charge in [0, 0.05) is 18.0 Å². The van der Waals surface area contributed by atoms with E-state index in [1.165, 1.54) is 23.9 Å². The third-order valence-corrected chi connectivity index (χ3v) is 5.76. The molecule has 2 N–H and O–H groups in total. The van der Waals surface area contributed by atoms with Crippen molar-refractivity contribution < 1.29 is 14.0 Å². The number of hydrogen-bond donors (Lipinski definition) is 2. The third kappa shape index (κ3) is 5.36. The highest BCUT2D eigenvalue weighted by molar-refractivity contribution is 7.99. The summed E-state index contributed by atoms with van der Waals surface area (Å²) in [5.41, 5.74) is 2.29. The maximum Gasteiger partial charge on any atom is 0.252 e. The number of benzene rings is 2. The zero-order chi connectivity index (χ0) is 20.9. The zero-order valence-electron chi connectivity index (χ0n) is 16.4. The molecule has 0 aliphatic heterocycles. The summed E-state index contributed by atoms with van der Waals surface area (Å²) in [6.45, 7) is 0.477. The van der Waals surface area contributed by atoms with Crippen molar-refractivity contribution in [3.05, 3.63) is 71.5 Å². The van der Waals surface area contributed by atoms with E-state index in [0.29, 0.717) is 23.6 Å². The Balaban J connectivity index is 1.36. The number of amides is 2. The largest absolute Gasteiger partial charge is 0.355 e. The van der Waals surface area contributed by atoms with Crippen molar-refractivity contribution in [2.24, 2.45) is 0 Å². The minimum absolute atomic E-state index is 0.0956. The van der Waals surface area contributed by atoms with E-state index in [0.717, 1.165) is 29.3 Å². The number of thioether (sulfide) groups is 1. The molecular formula is C23H22FN3O2S. The summed E-state index contributed by atoms with van der Waals surface area (Å²) in [6.07, 6.45) is 2.68. The zero-order valence-corrected chi connectivity index (χ0v) is 17.2. The summed E-state index contributed by atoms with van der Waals surface area (Å²) in [5, 5.41) is 7.34. The van der Waals surface area contributed by atoms with Gasteiger partial charge in [-0.1, -0.05) is 42.1 Å². The summed E-state index contributed by atoms with van der Waals surface area (Å²) in [7, 11) is 0. The monoisotopic (exact) mass is 423 g/mol. The predicted octanol–water partition coefficient (Wildman–Crippen LogP) is 3.72. The summed E-state index contributed by atoms with van der Waals surface area (Å²) < 4.78 is 12.9. The molecule has 1 aromatic heterocycles. The molecule has 1 aliphatic rings. The quantitative estimate of drug-likeness (QED) is 0.542. The molecule has 5 nitrogen and oxygen atoms in total. The number of aromatic nitrogens is 1. The predicted molar refractivity (Wildman–Crippen MR) is 116 cm³/mol. The van der Waals surface area contributed by atoms with Crippen LogP contribution in [0.3, 0.4) is 0 Å². The van der Waals surface area contributed by atoms with Crippen LogP contribution >= 0.6 is 11.8 Å². The van der Waals surface area contributed by atoms with Crippen LogP contribution in [0.5, 0.6) is 0 Å². The Hall–Kier alpha value is -2.93. The summed E-state index contributed by atoms with van der Waals surface area (Å²) in [4.78, 5) is 29.4. The maximum absolute atomic E-state index is 12.9. The van der Waals surface area contributed by atoms with Crippen molar-refractivity contribution in [1.29, 1.82) is 0 Å².